The van der Waals surface area contributed by atoms with Crippen LogP contribution in [-0.2, 0) is 12.7 Å². The van der Waals surface area contributed by atoms with E-state index in [1.807, 2.05) is 0 Å². The van der Waals surface area contributed by atoms with E-state index in [-0.39, 0.29) is 0 Å². The van der Waals surface area contributed by atoms with E-state index in [2.05, 4.69) is 29.0 Å². The van der Waals surface area contributed by atoms with Crippen LogP contribution in [0.5, 0.6) is 0 Å². The summed E-state index contributed by atoms with van der Waals surface area (Å²) in [5, 5.41) is 3.87. The average Bonchev–Trinajstić information content (AvgIpc) is 2.71. The standard InChI is InChI=1S/C11H16F3N3S/c1-7-5-17(8(2)3-15-7)6-10-16-4-9(18-10)11(12,13)14/h4,7-8,15H,3,5-6H2,1-2H3. The van der Waals surface area contributed by atoms with Crippen molar-refractivity contribution in [1.29, 1.82) is 0 Å². The molecule has 0 bridgehead atoms. The normalized spacial score (nSPS) is 26.5. The minimum absolute atomic E-state index is 0.319. The van der Waals surface area contributed by atoms with Crippen LogP contribution in [-0.4, -0.2) is 35.1 Å². The topological polar surface area (TPSA) is 28.2 Å². The molecular formula is C11H16F3N3S. The van der Waals surface area contributed by atoms with Crippen molar-refractivity contribution in [1.82, 2.24) is 15.2 Å². The number of thiazole rings is 1. The minimum atomic E-state index is -4.28. The molecule has 1 aromatic rings. The van der Waals surface area contributed by atoms with Gasteiger partial charge in [0.05, 0.1) is 12.7 Å². The maximum Gasteiger partial charge on any atom is 0.427 e. The molecule has 1 aromatic heterocycles. The van der Waals surface area contributed by atoms with E-state index in [1.54, 1.807) is 0 Å². The highest BCUT2D eigenvalue weighted by Gasteiger charge is 2.33. The maximum absolute atomic E-state index is 12.5. The summed E-state index contributed by atoms with van der Waals surface area (Å²) in [5.74, 6) is 0. The number of nitrogens with one attached hydrogen (secondary N) is 1. The summed E-state index contributed by atoms with van der Waals surface area (Å²) >= 11 is 0.739. The zero-order valence-corrected chi connectivity index (χ0v) is 11.1. The number of aromatic nitrogens is 1. The van der Waals surface area contributed by atoms with Crippen LogP contribution in [0, 0.1) is 0 Å². The fourth-order valence-electron chi connectivity index (χ4n) is 2.01. The summed E-state index contributed by atoms with van der Waals surface area (Å²) in [6, 6.07) is 0.683. The van der Waals surface area contributed by atoms with E-state index in [4.69, 9.17) is 0 Å². The van der Waals surface area contributed by atoms with Crippen molar-refractivity contribution in [2.24, 2.45) is 0 Å². The molecule has 102 valence electrons. The largest absolute Gasteiger partial charge is 0.427 e. The lowest BCUT2D eigenvalue weighted by Crippen LogP contribution is -2.53. The van der Waals surface area contributed by atoms with E-state index < -0.39 is 11.1 Å². The van der Waals surface area contributed by atoms with Crippen LogP contribution in [0.25, 0.3) is 0 Å². The first kappa shape index (κ1) is 13.8. The molecule has 0 amide bonds. The molecule has 7 heteroatoms. The molecule has 2 heterocycles. The zero-order chi connectivity index (χ0) is 13.3. The average molecular weight is 279 g/mol. The fourth-order valence-corrected chi connectivity index (χ4v) is 2.82. The van der Waals surface area contributed by atoms with E-state index in [0.29, 0.717) is 23.6 Å². The van der Waals surface area contributed by atoms with Gasteiger partial charge in [0.2, 0.25) is 0 Å². The Hall–Kier alpha value is -0.660. The Morgan fingerprint density at radius 3 is 2.83 bits per heavy atom. The highest BCUT2D eigenvalue weighted by molar-refractivity contribution is 7.11. The van der Waals surface area contributed by atoms with Gasteiger partial charge in [0.25, 0.3) is 0 Å². The summed E-state index contributed by atoms with van der Waals surface area (Å²) in [6.07, 6.45) is -3.35. The SMILES string of the molecule is CC1CN(Cc2ncc(C(F)(F)F)s2)C(C)CN1. The summed E-state index contributed by atoms with van der Waals surface area (Å²) < 4.78 is 37.4. The summed E-state index contributed by atoms with van der Waals surface area (Å²) in [6.45, 7) is 6.33. The third kappa shape index (κ3) is 3.21. The molecule has 0 radical (unpaired) electrons. The Bertz CT molecular complexity index is 404. The van der Waals surface area contributed by atoms with Crippen LogP contribution >= 0.6 is 11.3 Å². The van der Waals surface area contributed by atoms with Gasteiger partial charge >= 0.3 is 6.18 Å². The molecule has 3 nitrogen and oxygen atoms in total. The number of hydrogen-bond donors (Lipinski definition) is 1. The van der Waals surface area contributed by atoms with Gasteiger partial charge in [-0.1, -0.05) is 0 Å². The van der Waals surface area contributed by atoms with Crippen LogP contribution in [0.15, 0.2) is 6.20 Å². The second kappa shape index (κ2) is 5.14. The molecule has 18 heavy (non-hydrogen) atoms. The molecule has 0 aliphatic carbocycles. The van der Waals surface area contributed by atoms with Crippen molar-refractivity contribution in [3.8, 4) is 0 Å². The minimum Gasteiger partial charge on any atom is -0.311 e. The molecule has 0 saturated carbocycles. The van der Waals surface area contributed by atoms with Gasteiger partial charge < -0.3 is 5.32 Å². The summed E-state index contributed by atoms with van der Waals surface area (Å²) in [4.78, 5) is 5.42. The van der Waals surface area contributed by atoms with E-state index in [9.17, 15) is 13.2 Å². The van der Waals surface area contributed by atoms with Crippen LogP contribution in [0.2, 0.25) is 0 Å². The van der Waals surface area contributed by atoms with Gasteiger partial charge in [-0.2, -0.15) is 13.2 Å². The van der Waals surface area contributed by atoms with Crippen molar-refractivity contribution in [3.05, 3.63) is 16.1 Å². The molecule has 0 spiro atoms. The van der Waals surface area contributed by atoms with E-state index in [1.165, 1.54) is 0 Å². The third-order valence-electron chi connectivity index (χ3n) is 3.06. The van der Waals surface area contributed by atoms with Gasteiger partial charge in [0.1, 0.15) is 9.88 Å². The highest BCUT2D eigenvalue weighted by Crippen LogP contribution is 2.33. The Morgan fingerprint density at radius 2 is 2.22 bits per heavy atom. The number of rotatable bonds is 2. The Labute approximate surface area is 108 Å². The monoisotopic (exact) mass is 279 g/mol. The number of hydrogen-bond acceptors (Lipinski definition) is 4. The Morgan fingerprint density at radius 1 is 1.50 bits per heavy atom. The first-order valence-corrected chi connectivity index (χ1v) is 6.67. The maximum atomic E-state index is 12.5. The second-order valence-corrected chi connectivity index (χ2v) is 5.82. The summed E-state index contributed by atoms with van der Waals surface area (Å²) in [5.41, 5.74) is 0. The quantitative estimate of drug-likeness (QED) is 0.900. The van der Waals surface area contributed by atoms with Gasteiger partial charge in [-0.25, -0.2) is 4.98 Å². The lowest BCUT2D eigenvalue weighted by molar-refractivity contribution is -0.134. The zero-order valence-electron chi connectivity index (χ0n) is 10.3. The Balaban J connectivity index is 2.02. The van der Waals surface area contributed by atoms with Crippen LogP contribution < -0.4 is 5.32 Å². The van der Waals surface area contributed by atoms with Gasteiger partial charge in [0.15, 0.2) is 0 Å². The van der Waals surface area contributed by atoms with Crippen LogP contribution in [0.4, 0.5) is 13.2 Å². The predicted molar refractivity (Wildman–Crippen MR) is 64.5 cm³/mol. The number of piperazine rings is 1. The lowest BCUT2D eigenvalue weighted by atomic mass is 10.1. The highest BCUT2D eigenvalue weighted by atomic mass is 32.1. The fraction of sp³-hybridized carbons (Fsp3) is 0.727. The van der Waals surface area contributed by atoms with Crippen molar-refractivity contribution in [2.75, 3.05) is 13.1 Å². The van der Waals surface area contributed by atoms with Crippen molar-refractivity contribution in [3.63, 3.8) is 0 Å². The van der Waals surface area contributed by atoms with Crippen LogP contribution in [0.1, 0.15) is 23.7 Å². The predicted octanol–water partition coefficient (Wildman–Crippen LogP) is 2.34. The molecule has 1 saturated heterocycles. The summed E-state index contributed by atoms with van der Waals surface area (Å²) in [7, 11) is 0. The molecule has 0 aromatic carbocycles. The molecule has 2 atom stereocenters. The lowest BCUT2D eigenvalue weighted by Gasteiger charge is -2.36. The van der Waals surface area contributed by atoms with Gasteiger partial charge in [-0.3, -0.25) is 4.90 Å². The van der Waals surface area contributed by atoms with Gasteiger partial charge in [0, 0.05) is 25.2 Å². The molecule has 1 N–H and O–H groups in total. The number of alkyl halides is 3. The molecule has 1 aliphatic heterocycles. The molecular weight excluding hydrogens is 263 g/mol. The van der Waals surface area contributed by atoms with Crippen molar-refractivity contribution >= 4 is 11.3 Å². The van der Waals surface area contributed by atoms with Crippen molar-refractivity contribution < 1.29 is 13.2 Å². The first-order valence-electron chi connectivity index (χ1n) is 5.85. The van der Waals surface area contributed by atoms with E-state index >= 15 is 0 Å². The number of nitrogens with zero attached hydrogens (tertiary/aromatic N) is 2. The molecule has 2 rings (SSSR count). The third-order valence-corrected chi connectivity index (χ3v) is 4.09. The Kier molecular flexibility index (Phi) is 3.93. The molecule has 2 unspecified atom stereocenters. The van der Waals surface area contributed by atoms with Gasteiger partial charge in [-0.15, -0.1) is 11.3 Å². The van der Waals surface area contributed by atoms with Gasteiger partial charge in [-0.05, 0) is 13.8 Å². The van der Waals surface area contributed by atoms with E-state index in [0.717, 1.165) is 30.6 Å². The smallest absolute Gasteiger partial charge is 0.311 e. The number of halogens is 3. The van der Waals surface area contributed by atoms with Crippen LogP contribution in [0.3, 0.4) is 0 Å². The first-order chi connectivity index (χ1) is 8.36. The molecule has 1 aliphatic rings. The second-order valence-electron chi connectivity index (χ2n) is 4.70. The molecule has 1 fully saturated rings. The van der Waals surface area contributed by atoms with Crippen molar-refractivity contribution in [2.45, 2.75) is 38.7 Å².